The first-order valence-electron chi connectivity index (χ1n) is 9.25. The zero-order chi connectivity index (χ0) is 20.9. The molecule has 0 unspecified atom stereocenters. The van der Waals surface area contributed by atoms with Gasteiger partial charge in [-0.05, 0) is 24.3 Å². The number of benzene rings is 1. The van der Waals surface area contributed by atoms with E-state index in [1.165, 1.54) is 11.0 Å². The number of pyridine rings is 1. The molecule has 2 aromatic heterocycles. The number of rotatable bonds is 5. The van der Waals surface area contributed by atoms with Crippen LogP contribution in [0.15, 0.2) is 49.2 Å². The van der Waals surface area contributed by atoms with Gasteiger partial charge >= 0.3 is 6.03 Å². The van der Waals surface area contributed by atoms with Crippen LogP contribution < -0.4 is 20.9 Å². The molecule has 3 amide bonds. The number of carbonyl (C=O) groups excluding carboxylic acids is 2. The Morgan fingerprint density at radius 3 is 2.97 bits per heavy atom. The highest BCUT2D eigenvalue weighted by molar-refractivity contribution is 6.33. The Labute approximate surface area is 177 Å². The predicted molar refractivity (Wildman–Crippen MR) is 112 cm³/mol. The van der Waals surface area contributed by atoms with Crippen molar-refractivity contribution in [3.63, 3.8) is 0 Å². The van der Waals surface area contributed by atoms with Crippen LogP contribution in [0.2, 0.25) is 5.02 Å². The van der Waals surface area contributed by atoms with E-state index < -0.39 is 0 Å². The molecule has 0 bridgehead atoms. The van der Waals surface area contributed by atoms with Gasteiger partial charge in [0.05, 0.1) is 17.3 Å². The van der Waals surface area contributed by atoms with Gasteiger partial charge in [0.2, 0.25) is 5.91 Å². The number of amides is 3. The van der Waals surface area contributed by atoms with Crippen LogP contribution in [0.25, 0.3) is 5.82 Å². The molecule has 10 nitrogen and oxygen atoms in total. The molecular formula is C19H19ClN8O2. The average molecular weight is 427 g/mol. The molecular weight excluding hydrogens is 408 g/mol. The third-order valence-corrected chi connectivity index (χ3v) is 4.83. The maximum Gasteiger partial charge on any atom is 0.319 e. The second-order valence-corrected chi connectivity index (χ2v) is 6.98. The number of piperazine rings is 1. The minimum Gasteiger partial charge on any atom is -0.359 e. The van der Waals surface area contributed by atoms with Crippen molar-refractivity contribution in [3.05, 3.63) is 59.8 Å². The van der Waals surface area contributed by atoms with Gasteiger partial charge in [-0.3, -0.25) is 4.79 Å². The lowest BCUT2D eigenvalue weighted by Gasteiger charge is -2.29. The molecule has 0 saturated carbocycles. The molecule has 1 saturated heterocycles. The monoisotopic (exact) mass is 426 g/mol. The van der Waals surface area contributed by atoms with E-state index in [0.29, 0.717) is 29.6 Å². The topological polar surface area (TPSA) is 117 Å². The SMILES string of the molecule is O=C1CN(c2ccc(NC(=O)NCc3cccnc3-n3cncn3)cc2Cl)CCN1. The number of carbonyl (C=O) groups is 2. The maximum atomic E-state index is 12.3. The zero-order valence-electron chi connectivity index (χ0n) is 15.9. The lowest BCUT2D eigenvalue weighted by Crippen LogP contribution is -2.47. The van der Waals surface area contributed by atoms with Crippen LogP contribution in [0.5, 0.6) is 0 Å². The first kappa shape index (κ1) is 19.6. The van der Waals surface area contributed by atoms with Crippen molar-refractivity contribution < 1.29 is 9.59 Å². The third-order valence-electron chi connectivity index (χ3n) is 4.53. The van der Waals surface area contributed by atoms with E-state index in [0.717, 1.165) is 11.3 Å². The highest BCUT2D eigenvalue weighted by atomic mass is 35.5. The van der Waals surface area contributed by atoms with Gasteiger partial charge in [0.25, 0.3) is 0 Å². The quantitative estimate of drug-likeness (QED) is 0.570. The summed E-state index contributed by atoms with van der Waals surface area (Å²) in [4.78, 5) is 34.0. The van der Waals surface area contributed by atoms with Crippen LogP contribution in [0.3, 0.4) is 0 Å². The molecule has 1 aliphatic heterocycles. The summed E-state index contributed by atoms with van der Waals surface area (Å²) < 4.78 is 1.54. The van der Waals surface area contributed by atoms with E-state index in [1.54, 1.807) is 36.8 Å². The summed E-state index contributed by atoms with van der Waals surface area (Å²) in [5.74, 6) is 0.549. The molecule has 1 aromatic carbocycles. The van der Waals surface area contributed by atoms with Crippen molar-refractivity contribution in [3.8, 4) is 5.82 Å². The van der Waals surface area contributed by atoms with Gasteiger partial charge in [0, 0.05) is 37.1 Å². The van der Waals surface area contributed by atoms with Gasteiger partial charge in [0.1, 0.15) is 12.7 Å². The second kappa shape index (κ2) is 8.78. The van der Waals surface area contributed by atoms with Crippen molar-refractivity contribution in [2.45, 2.75) is 6.54 Å². The number of anilines is 2. The molecule has 11 heteroatoms. The van der Waals surface area contributed by atoms with E-state index in [2.05, 4.69) is 31.0 Å². The van der Waals surface area contributed by atoms with Crippen LogP contribution >= 0.6 is 11.6 Å². The largest absolute Gasteiger partial charge is 0.359 e. The Hall–Kier alpha value is -3.66. The first-order valence-corrected chi connectivity index (χ1v) is 9.63. The van der Waals surface area contributed by atoms with Gasteiger partial charge in [-0.2, -0.15) is 5.10 Å². The minimum absolute atomic E-state index is 0.0421. The molecule has 0 aliphatic carbocycles. The van der Waals surface area contributed by atoms with Gasteiger partial charge in [-0.25, -0.2) is 19.4 Å². The Morgan fingerprint density at radius 2 is 2.20 bits per heavy atom. The first-order chi connectivity index (χ1) is 14.6. The summed E-state index contributed by atoms with van der Waals surface area (Å²) in [7, 11) is 0. The summed E-state index contributed by atoms with van der Waals surface area (Å²) in [6, 6.07) is 8.45. The zero-order valence-corrected chi connectivity index (χ0v) is 16.6. The molecule has 1 aliphatic rings. The number of hydrogen-bond acceptors (Lipinski definition) is 6. The van der Waals surface area contributed by atoms with Gasteiger partial charge < -0.3 is 20.9 Å². The Morgan fingerprint density at radius 1 is 1.30 bits per heavy atom. The molecule has 0 radical (unpaired) electrons. The van der Waals surface area contributed by atoms with Gasteiger partial charge in [-0.15, -0.1) is 0 Å². The molecule has 30 heavy (non-hydrogen) atoms. The standard InChI is InChI=1S/C19H19ClN8O2/c20-15-8-14(3-4-16(15)27-7-6-22-17(29)10-27)26-19(30)24-9-13-2-1-5-23-18(13)28-12-21-11-25-28/h1-5,8,11-12H,6-7,9-10H2,(H,22,29)(H2,24,26,30). The molecule has 0 atom stereocenters. The number of urea groups is 1. The lowest BCUT2D eigenvalue weighted by molar-refractivity contribution is -0.120. The van der Waals surface area contributed by atoms with E-state index in [-0.39, 0.29) is 25.0 Å². The van der Waals surface area contributed by atoms with Crippen molar-refractivity contribution in [1.82, 2.24) is 30.4 Å². The Kier molecular flexibility index (Phi) is 5.75. The molecule has 0 spiro atoms. The van der Waals surface area contributed by atoms with Crippen LogP contribution in [0.1, 0.15) is 5.56 Å². The highest BCUT2D eigenvalue weighted by Gasteiger charge is 2.19. The van der Waals surface area contributed by atoms with Crippen molar-refractivity contribution in [2.75, 3.05) is 29.9 Å². The van der Waals surface area contributed by atoms with E-state index in [1.807, 2.05) is 11.0 Å². The molecule has 3 N–H and O–H groups in total. The van der Waals surface area contributed by atoms with E-state index in [9.17, 15) is 9.59 Å². The van der Waals surface area contributed by atoms with Crippen LogP contribution in [-0.4, -0.2) is 51.3 Å². The summed E-state index contributed by atoms with van der Waals surface area (Å²) >= 11 is 6.38. The molecule has 3 aromatic rings. The minimum atomic E-state index is -0.385. The molecule has 4 rings (SSSR count). The maximum absolute atomic E-state index is 12.3. The summed E-state index contributed by atoms with van der Waals surface area (Å²) in [6.07, 6.45) is 4.61. The number of halogens is 1. The third kappa shape index (κ3) is 4.49. The fourth-order valence-electron chi connectivity index (χ4n) is 3.13. The molecule has 3 heterocycles. The normalized spacial score (nSPS) is 13.6. The van der Waals surface area contributed by atoms with Crippen LogP contribution in [-0.2, 0) is 11.3 Å². The fourth-order valence-corrected chi connectivity index (χ4v) is 3.43. The summed E-state index contributed by atoms with van der Waals surface area (Å²) in [5, 5.41) is 12.9. The average Bonchev–Trinajstić information content (AvgIpc) is 3.27. The Bertz CT molecular complexity index is 1060. The van der Waals surface area contributed by atoms with Crippen molar-refractivity contribution >= 4 is 34.9 Å². The lowest BCUT2D eigenvalue weighted by atomic mass is 10.2. The highest BCUT2D eigenvalue weighted by Crippen LogP contribution is 2.29. The van der Waals surface area contributed by atoms with E-state index in [4.69, 9.17) is 11.6 Å². The second-order valence-electron chi connectivity index (χ2n) is 6.57. The molecule has 154 valence electrons. The number of nitrogens with zero attached hydrogens (tertiary/aromatic N) is 5. The number of hydrogen-bond donors (Lipinski definition) is 3. The van der Waals surface area contributed by atoms with Crippen molar-refractivity contribution in [2.24, 2.45) is 0 Å². The number of aromatic nitrogens is 4. The summed E-state index contributed by atoms with van der Waals surface area (Å²) in [5.41, 5.74) is 2.09. The smallest absolute Gasteiger partial charge is 0.319 e. The van der Waals surface area contributed by atoms with Crippen LogP contribution in [0.4, 0.5) is 16.2 Å². The Balaban J connectivity index is 1.38. The van der Waals surface area contributed by atoms with Crippen molar-refractivity contribution in [1.29, 1.82) is 0 Å². The fraction of sp³-hybridized carbons (Fsp3) is 0.211. The van der Waals surface area contributed by atoms with Gasteiger partial charge in [0.15, 0.2) is 5.82 Å². The summed E-state index contributed by atoms with van der Waals surface area (Å²) in [6.45, 7) is 1.76. The van der Waals surface area contributed by atoms with Gasteiger partial charge in [-0.1, -0.05) is 17.7 Å². The van der Waals surface area contributed by atoms with Crippen LogP contribution in [0, 0.1) is 0 Å². The molecule has 1 fully saturated rings. The van der Waals surface area contributed by atoms with E-state index >= 15 is 0 Å². The predicted octanol–water partition coefficient (Wildman–Crippen LogP) is 1.57. The number of nitrogens with one attached hydrogen (secondary N) is 3.